The Morgan fingerprint density at radius 2 is 2.28 bits per heavy atom. The summed E-state index contributed by atoms with van der Waals surface area (Å²) in [5.41, 5.74) is 2.11. The number of halogens is 2. The Balaban J connectivity index is 2.31. The summed E-state index contributed by atoms with van der Waals surface area (Å²) in [4.78, 5) is 0. The Bertz CT molecular complexity index is 427. The van der Waals surface area contributed by atoms with Gasteiger partial charge in [-0.3, -0.25) is 0 Å². The summed E-state index contributed by atoms with van der Waals surface area (Å²) in [6, 6.07) is 5.03. The van der Waals surface area contributed by atoms with E-state index in [1.54, 1.807) is 6.07 Å². The Labute approximate surface area is 115 Å². The molecule has 0 spiro atoms. The number of hydrogen-bond acceptors (Lipinski definition) is 2. The van der Waals surface area contributed by atoms with E-state index in [2.05, 4.69) is 21.2 Å². The van der Waals surface area contributed by atoms with Gasteiger partial charge >= 0.3 is 0 Å². The molecule has 1 aliphatic rings. The first-order valence-corrected chi connectivity index (χ1v) is 7.00. The van der Waals surface area contributed by atoms with Crippen LogP contribution in [0.15, 0.2) is 34.5 Å². The topological polar surface area (TPSA) is 21.3 Å². The molecule has 4 heteroatoms. The van der Waals surface area contributed by atoms with Gasteiger partial charge < -0.3 is 10.1 Å². The molecule has 1 aromatic carbocycles. The summed E-state index contributed by atoms with van der Waals surface area (Å²) in [5, 5.41) is 3.39. The Hall–Kier alpha value is -0.870. The molecule has 0 fully saturated rings. The first-order valence-electron chi connectivity index (χ1n) is 6.20. The molecule has 0 aliphatic carbocycles. The van der Waals surface area contributed by atoms with Crippen molar-refractivity contribution < 1.29 is 9.13 Å². The van der Waals surface area contributed by atoms with Crippen LogP contribution in [-0.4, -0.2) is 13.2 Å². The van der Waals surface area contributed by atoms with E-state index in [0.717, 1.165) is 36.0 Å². The van der Waals surface area contributed by atoms with Crippen LogP contribution in [0.2, 0.25) is 0 Å². The maximum atomic E-state index is 13.5. The summed E-state index contributed by atoms with van der Waals surface area (Å²) in [7, 11) is 0. The van der Waals surface area contributed by atoms with Crippen molar-refractivity contribution in [3.63, 3.8) is 0 Å². The minimum absolute atomic E-state index is 0.0299. The summed E-state index contributed by atoms with van der Waals surface area (Å²) < 4.78 is 19.6. The highest BCUT2D eigenvalue weighted by Gasteiger charge is 2.19. The lowest BCUT2D eigenvalue weighted by Gasteiger charge is -2.24. The lowest BCUT2D eigenvalue weighted by Crippen LogP contribution is -2.24. The van der Waals surface area contributed by atoms with Crippen LogP contribution in [0.25, 0.3) is 0 Å². The molecular formula is C14H17BrFNO. The van der Waals surface area contributed by atoms with E-state index in [0.29, 0.717) is 0 Å². The molecular weight excluding hydrogens is 297 g/mol. The smallest absolute Gasteiger partial charge is 0.124 e. The van der Waals surface area contributed by atoms with Gasteiger partial charge in [0.15, 0.2) is 0 Å². The van der Waals surface area contributed by atoms with E-state index in [4.69, 9.17) is 4.74 Å². The van der Waals surface area contributed by atoms with Gasteiger partial charge in [-0.2, -0.15) is 0 Å². The third-order valence-electron chi connectivity index (χ3n) is 2.96. The van der Waals surface area contributed by atoms with Crippen LogP contribution in [0.5, 0.6) is 0 Å². The van der Waals surface area contributed by atoms with E-state index < -0.39 is 0 Å². The predicted octanol–water partition coefficient (Wildman–Crippen LogP) is 3.93. The van der Waals surface area contributed by atoms with E-state index >= 15 is 0 Å². The van der Waals surface area contributed by atoms with Crippen LogP contribution in [0.3, 0.4) is 0 Å². The Morgan fingerprint density at radius 3 is 2.89 bits per heavy atom. The van der Waals surface area contributed by atoms with Gasteiger partial charge in [-0.25, -0.2) is 4.39 Å². The summed E-state index contributed by atoms with van der Waals surface area (Å²) in [5.74, 6) is -0.223. The van der Waals surface area contributed by atoms with Crippen molar-refractivity contribution in [2.45, 2.75) is 25.8 Å². The minimum atomic E-state index is -0.223. The van der Waals surface area contributed by atoms with E-state index in [-0.39, 0.29) is 11.9 Å². The molecule has 0 radical (unpaired) electrons. The molecule has 0 saturated heterocycles. The van der Waals surface area contributed by atoms with Crippen LogP contribution < -0.4 is 5.32 Å². The highest BCUT2D eigenvalue weighted by molar-refractivity contribution is 9.10. The largest absolute Gasteiger partial charge is 0.501 e. The molecule has 1 unspecified atom stereocenters. The summed E-state index contributed by atoms with van der Waals surface area (Å²) in [6.07, 6.45) is 3.83. The highest BCUT2D eigenvalue weighted by atomic mass is 79.9. The molecule has 1 N–H and O–H groups in total. The standard InChI is InChI=1S/C14H17BrFNO/c1-2-17-14(10-4-3-5-18-9-10)11-6-12(15)8-13(16)7-11/h6-9,14,17H,2-5H2,1H3. The zero-order valence-corrected chi connectivity index (χ0v) is 12.0. The fourth-order valence-electron chi connectivity index (χ4n) is 2.21. The fourth-order valence-corrected chi connectivity index (χ4v) is 2.69. The molecule has 0 aromatic heterocycles. The number of benzene rings is 1. The zero-order valence-electron chi connectivity index (χ0n) is 10.4. The van der Waals surface area contributed by atoms with Crippen LogP contribution in [0, 0.1) is 5.82 Å². The van der Waals surface area contributed by atoms with Crippen molar-refractivity contribution in [1.29, 1.82) is 0 Å². The molecule has 98 valence electrons. The fraction of sp³-hybridized carbons (Fsp3) is 0.429. The number of rotatable bonds is 4. The lowest BCUT2D eigenvalue weighted by atomic mass is 9.95. The van der Waals surface area contributed by atoms with Crippen LogP contribution in [-0.2, 0) is 4.74 Å². The van der Waals surface area contributed by atoms with Crippen molar-refractivity contribution in [3.05, 3.63) is 45.9 Å². The second-order valence-corrected chi connectivity index (χ2v) is 5.28. The normalized spacial score (nSPS) is 16.9. The number of hydrogen-bond donors (Lipinski definition) is 1. The van der Waals surface area contributed by atoms with Crippen LogP contribution in [0.1, 0.15) is 31.4 Å². The van der Waals surface area contributed by atoms with Gasteiger partial charge in [-0.1, -0.05) is 22.9 Å². The van der Waals surface area contributed by atoms with Gasteiger partial charge in [0.25, 0.3) is 0 Å². The first-order chi connectivity index (χ1) is 8.70. The van der Waals surface area contributed by atoms with Gasteiger partial charge in [-0.05, 0) is 48.7 Å². The number of nitrogens with one attached hydrogen (secondary N) is 1. The van der Waals surface area contributed by atoms with Crippen molar-refractivity contribution in [2.24, 2.45) is 0 Å². The Morgan fingerprint density at radius 1 is 1.44 bits per heavy atom. The lowest BCUT2D eigenvalue weighted by molar-refractivity contribution is 0.219. The van der Waals surface area contributed by atoms with Gasteiger partial charge in [-0.15, -0.1) is 0 Å². The second kappa shape index (κ2) is 6.34. The maximum Gasteiger partial charge on any atom is 0.124 e. The molecule has 18 heavy (non-hydrogen) atoms. The summed E-state index contributed by atoms with van der Waals surface area (Å²) >= 11 is 3.34. The van der Waals surface area contributed by atoms with Crippen molar-refractivity contribution in [2.75, 3.05) is 13.2 Å². The number of likely N-dealkylation sites (N-methyl/N-ethyl adjacent to an activating group) is 1. The first kappa shape index (κ1) is 13.6. The van der Waals surface area contributed by atoms with E-state index in [1.807, 2.05) is 19.3 Å². The average Bonchev–Trinajstić information content (AvgIpc) is 2.36. The highest BCUT2D eigenvalue weighted by Crippen LogP contribution is 2.29. The third-order valence-corrected chi connectivity index (χ3v) is 3.42. The molecule has 0 bridgehead atoms. The monoisotopic (exact) mass is 313 g/mol. The quantitative estimate of drug-likeness (QED) is 0.909. The van der Waals surface area contributed by atoms with Gasteiger partial charge in [0.1, 0.15) is 5.82 Å². The van der Waals surface area contributed by atoms with Crippen molar-refractivity contribution in [1.82, 2.24) is 5.32 Å². The van der Waals surface area contributed by atoms with Crippen molar-refractivity contribution in [3.8, 4) is 0 Å². The SMILES string of the molecule is CCNC(C1=COCCC1)c1cc(F)cc(Br)c1. The van der Waals surface area contributed by atoms with E-state index in [9.17, 15) is 4.39 Å². The van der Waals surface area contributed by atoms with Crippen molar-refractivity contribution >= 4 is 15.9 Å². The molecule has 0 amide bonds. The molecule has 2 nitrogen and oxygen atoms in total. The third kappa shape index (κ3) is 3.33. The average molecular weight is 314 g/mol. The molecule has 0 saturated carbocycles. The Kier molecular flexibility index (Phi) is 4.78. The molecule has 1 aliphatic heterocycles. The van der Waals surface area contributed by atoms with Crippen LogP contribution >= 0.6 is 15.9 Å². The van der Waals surface area contributed by atoms with Gasteiger partial charge in [0.05, 0.1) is 18.9 Å². The van der Waals surface area contributed by atoms with Gasteiger partial charge in [0.2, 0.25) is 0 Å². The summed E-state index contributed by atoms with van der Waals surface area (Å²) in [6.45, 7) is 3.65. The number of ether oxygens (including phenoxy) is 1. The molecule has 1 heterocycles. The van der Waals surface area contributed by atoms with Gasteiger partial charge in [0, 0.05) is 4.47 Å². The molecule has 1 atom stereocenters. The van der Waals surface area contributed by atoms with E-state index in [1.165, 1.54) is 11.6 Å². The van der Waals surface area contributed by atoms with Crippen LogP contribution in [0.4, 0.5) is 4.39 Å². The molecule has 2 rings (SSSR count). The minimum Gasteiger partial charge on any atom is -0.501 e. The molecule has 1 aromatic rings. The zero-order chi connectivity index (χ0) is 13.0. The maximum absolute atomic E-state index is 13.5. The second-order valence-electron chi connectivity index (χ2n) is 4.36. The predicted molar refractivity (Wildman–Crippen MR) is 73.8 cm³/mol.